The first-order valence-electron chi connectivity index (χ1n) is 6.62. The third kappa shape index (κ3) is 2.57. The largest absolute Gasteiger partial charge is 0.317 e. The summed E-state index contributed by atoms with van der Waals surface area (Å²) in [5, 5.41) is 3.63. The van der Waals surface area contributed by atoms with Crippen LogP contribution in [0.2, 0.25) is 10.0 Å². The fraction of sp³-hybridized carbons (Fsp3) is 0.538. The molecule has 7 heteroatoms. The van der Waals surface area contributed by atoms with E-state index in [4.69, 9.17) is 23.2 Å². The maximum Gasteiger partial charge on any atom is 0.242 e. The normalized spacial score (nSPS) is 24.8. The second-order valence-electron chi connectivity index (χ2n) is 5.54. The van der Waals surface area contributed by atoms with Gasteiger partial charge in [-0.2, -0.15) is 0 Å². The lowest BCUT2D eigenvalue weighted by molar-refractivity contribution is 0.337. The molecule has 1 saturated heterocycles. The Hall–Kier alpha value is -0.330. The average molecular weight is 335 g/mol. The highest BCUT2D eigenvalue weighted by Gasteiger charge is 2.55. The van der Waals surface area contributed by atoms with Gasteiger partial charge in [-0.25, -0.2) is 13.1 Å². The molecule has 1 spiro atoms. The van der Waals surface area contributed by atoms with Crippen molar-refractivity contribution in [2.75, 3.05) is 13.1 Å². The summed E-state index contributed by atoms with van der Waals surface area (Å²) in [6.07, 6.45) is 2.94. The Kier molecular flexibility index (Phi) is 3.75. The highest BCUT2D eigenvalue weighted by Crippen LogP contribution is 2.53. The van der Waals surface area contributed by atoms with E-state index in [1.54, 1.807) is 12.1 Å². The molecule has 2 aliphatic rings. The van der Waals surface area contributed by atoms with Gasteiger partial charge >= 0.3 is 0 Å². The van der Waals surface area contributed by atoms with Crippen LogP contribution in [-0.2, 0) is 10.0 Å². The van der Waals surface area contributed by atoms with Crippen LogP contribution in [0, 0.1) is 5.41 Å². The molecule has 1 unspecified atom stereocenters. The minimum Gasteiger partial charge on any atom is -0.317 e. The number of sulfonamides is 1. The van der Waals surface area contributed by atoms with Crippen LogP contribution in [0.1, 0.15) is 19.3 Å². The van der Waals surface area contributed by atoms with Crippen LogP contribution < -0.4 is 10.0 Å². The van der Waals surface area contributed by atoms with Crippen LogP contribution in [-0.4, -0.2) is 27.5 Å². The van der Waals surface area contributed by atoms with Crippen LogP contribution in [0.4, 0.5) is 0 Å². The molecule has 1 atom stereocenters. The standard InChI is InChI=1S/C13H16Cl2N2O2S/c14-9-2-1-3-10(12(9)15)20(18,19)17-11-8-13(11)4-6-16-7-5-13/h1-3,11,16-17H,4-8H2. The summed E-state index contributed by atoms with van der Waals surface area (Å²) in [6.45, 7) is 1.91. The molecule has 4 nitrogen and oxygen atoms in total. The Morgan fingerprint density at radius 1 is 1.25 bits per heavy atom. The zero-order chi connectivity index (χ0) is 14.4. The van der Waals surface area contributed by atoms with E-state index >= 15 is 0 Å². The summed E-state index contributed by atoms with van der Waals surface area (Å²) in [5.74, 6) is 0. The molecule has 3 rings (SSSR count). The zero-order valence-corrected chi connectivity index (χ0v) is 13.2. The van der Waals surface area contributed by atoms with E-state index in [2.05, 4.69) is 10.0 Å². The summed E-state index contributed by atoms with van der Waals surface area (Å²) in [5.41, 5.74) is 0.142. The lowest BCUT2D eigenvalue weighted by Gasteiger charge is -2.23. The summed E-state index contributed by atoms with van der Waals surface area (Å²) >= 11 is 11.9. The van der Waals surface area contributed by atoms with E-state index in [9.17, 15) is 8.42 Å². The van der Waals surface area contributed by atoms with Crippen molar-refractivity contribution in [3.63, 3.8) is 0 Å². The van der Waals surface area contributed by atoms with Crippen LogP contribution in [0.25, 0.3) is 0 Å². The number of benzene rings is 1. The van der Waals surface area contributed by atoms with Gasteiger partial charge in [0.1, 0.15) is 4.90 Å². The van der Waals surface area contributed by atoms with Crippen molar-refractivity contribution in [1.29, 1.82) is 0 Å². The van der Waals surface area contributed by atoms with Gasteiger partial charge in [-0.1, -0.05) is 29.3 Å². The van der Waals surface area contributed by atoms with Crippen molar-refractivity contribution in [3.8, 4) is 0 Å². The SMILES string of the molecule is O=S(=O)(NC1CC12CCNCC2)c1cccc(Cl)c1Cl. The Morgan fingerprint density at radius 2 is 1.95 bits per heavy atom. The molecule has 0 radical (unpaired) electrons. The van der Waals surface area contributed by atoms with E-state index in [1.165, 1.54) is 6.07 Å². The average Bonchev–Trinajstić information content (AvgIpc) is 3.04. The molecule has 0 bridgehead atoms. The molecule has 1 saturated carbocycles. The van der Waals surface area contributed by atoms with E-state index in [1.807, 2.05) is 0 Å². The minimum atomic E-state index is -3.61. The number of halogens is 2. The van der Waals surface area contributed by atoms with Gasteiger partial charge in [-0.05, 0) is 49.9 Å². The maximum atomic E-state index is 12.4. The fourth-order valence-electron chi connectivity index (χ4n) is 2.93. The van der Waals surface area contributed by atoms with Crippen molar-refractivity contribution >= 4 is 33.2 Å². The van der Waals surface area contributed by atoms with Gasteiger partial charge < -0.3 is 5.32 Å². The third-order valence-corrected chi connectivity index (χ3v) is 6.74. The predicted molar refractivity (Wildman–Crippen MR) is 79.7 cm³/mol. The molecule has 2 N–H and O–H groups in total. The van der Waals surface area contributed by atoms with Crippen molar-refractivity contribution in [3.05, 3.63) is 28.2 Å². The molecular weight excluding hydrogens is 319 g/mol. The smallest absolute Gasteiger partial charge is 0.242 e. The van der Waals surface area contributed by atoms with Gasteiger partial charge in [-0.3, -0.25) is 0 Å². The van der Waals surface area contributed by atoms with Gasteiger partial charge in [0.25, 0.3) is 0 Å². The zero-order valence-electron chi connectivity index (χ0n) is 10.8. The summed E-state index contributed by atoms with van der Waals surface area (Å²) in [7, 11) is -3.61. The van der Waals surface area contributed by atoms with E-state index < -0.39 is 10.0 Å². The van der Waals surface area contributed by atoms with E-state index in [-0.39, 0.29) is 26.4 Å². The van der Waals surface area contributed by atoms with Crippen molar-refractivity contribution in [1.82, 2.24) is 10.0 Å². The second kappa shape index (κ2) is 5.14. The first-order valence-corrected chi connectivity index (χ1v) is 8.86. The van der Waals surface area contributed by atoms with Gasteiger partial charge in [0.2, 0.25) is 10.0 Å². The molecule has 1 aromatic carbocycles. The molecule has 1 heterocycles. The highest BCUT2D eigenvalue weighted by atomic mass is 35.5. The Balaban J connectivity index is 1.79. The molecule has 1 aliphatic heterocycles. The first-order chi connectivity index (χ1) is 9.45. The molecule has 0 aromatic heterocycles. The summed E-state index contributed by atoms with van der Waals surface area (Å²) in [6, 6.07) is 4.67. The lowest BCUT2D eigenvalue weighted by atomic mass is 9.94. The predicted octanol–water partition coefficient (Wildman–Crippen LogP) is 2.41. The topological polar surface area (TPSA) is 58.2 Å². The van der Waals surface area contributed by atoms with Gasteiger partial charge in [0.15, 0.2) is 0 Å². The van der Waals surface area contributed by atoms with E-state index in [0.717, 1.165) is 32.4 Å². The van der Waals surface area contributed by atoms with Gasteiger partial charge in [0.05, 0.1) is 10.0 Å². The van der Waals surface area contributed by atoms with Crippen LogP contribution in [0.5, 0.6) is 0 Å². The third-order valence-electron chi connectivity index (χ3n) is 4.29. The molecule has 2 fully saturated rings. The number of hydrogen-bond acceptors (Lipinski definition) is 3. The Labute approximate surface area is 128 Å². The molecule has 0 amide bonds. The Morgan fingerprint density at radius 3 is 2.65 bits per heavy atom. The van der Waals surface area contributed by atoms with Gasteiger partial charge in [-0.15, -0.1) is 0 Å². The molecule has 20 heavy (non-hydrogen) atoms. The van der Waals surface area contributed by atoms with Crippen molar-refractivity contribution in [2.24, 2.45) is 5.41 Å². The fourth-order valence-corrected chi connectivity index (χ4v) is 5.03. The molecule has 110 valence electrons. The summed E-state index contributed by atoms with van der Waals surface area (Å²) in [4.78, 5) is 0.0580. The van der Waals surface area contributed by atoms with Crippen LogP contribution >= 0.6 is 23.2 Å². The monoisotopic (exact) mass is 334 g/mol. The van der Waals surface area contributed by atoms with E-state index in [0.29, 0.717) is 0 Å². The summed E-state index contributed by atoms with van der Waals surface area (Å²) < 4.78 is 27.6. The van der Waals surface area contributed by atoms with Crippen LogP contribution in [0.3, 0.4) is 0 Å². The first kappa shape index (κ1) is 14.6. The molecule has 1 aromatic rings. The maximum absolute atomic E-state index is 12.4. The second-order valence-corrected chi connectivity index (χ2v) is 8.01. The minimum absolute atomic E-state index is 0.0182. The van der Waals surface area contributed by atoms with Crippen molar-refractivity contribution < 1.29 is 8.42 Å². The number of piperidine rings is 1. The molecular formula is C13H16Cl2N2O2S. The molecule has 1 aliphatic carbocycles. The van der Waals surface area contributed by atoms with Crippen molar-refractivity contribution in [2.45, 2.75) is 30.2 Å². The number of hydrogen-bond donors (Lipinski definition) is 2. The quantitative estimate of drug-likeness (QED) is 0.892. The number of nitrogens with one attached hydrogen (secondary N) is 2. The Bertz CT molecular complexity index is 627. The van der Waals surface area contributed by atoms with Crippen LogP contribution in [0.15, 0.2) is 23.1 Å². The lowest BCUT2D eigenvalue weighted by Crippen LogP contribution is -2.36. The van der Waals surface area contributed by atoms with Gasteiger partial charge in [0, 0.05) is 6.04 Å². The highest BCUT2D eigenvalue weighted by molar-refractivity contribution is 7.89. The number of rotatable bonds is 3.